The third-order valence-electron chi connectivity index (χ3n) is 5.48. The second kappa shape index (κ2) is 7.28. The van der Waals surface area contributed by atoms with Crippen molar-refractivity contribution in [2.75, 3.05) is 6.54 Å². The molecular formula is C23H20ClN3O. The van der Waals surface area contributed by atoms with Gasteiger partial charge in [-0.25, -0.2) is 4.99 Å². The minimum atomic E-state index is 0.324. The molecule has 4 nitrogen and oxygen atoms in total. The van der Waals surface area contributed by atoms with E-state index in [-0.39, 0.29) is 0 Å². The first kappa shape index (κ1) is 17.3. The maximum absolute atomic E-state index is 6.09. The number of furan rings is 1. The molecule has 0 radical (unpaired) electrons. The van der Waals surface area contributed by atoms with Crippen LogP contribution in [0.1, 0.15) is 34.8 Å². The van der Waals surface area contributed by atoms with Crippen molar-refractivity contribution in [1.29, 1.82) is 0 Å². The third kappa shape index (κ3) is 3.25. The standard InChI is InChI=1S/C23H20ClN3O/c24-17-9-7-15(8-10-17)21-12-16-13-25-23(26-14-18-4-3-11-28-18)27-22(16)20-6-2-1-5-19(20)21/h1-11,16,21H,12-14H2,(H,25,26). The number of fused-ring (bicyclic) bond motifs is 3. The Morgan fingerprint density at radius 2 is 1.89 bits per heavy atom. The molecule has 2 atom stereocenters. The summed E-state index contributed by atoms with van der Waals surface area (Å²) in [5.41, 5.74) is 4.98. The molecule has 140 valence electrons. The Hall–Kier alpha value is -2.85. The van der Waals surface area contributed by atoms with Gasteiger partial charge in [0.25, 0.3) is 0 Å². The molecule has 2 unspecified atom stereocenters. The summed E-state index contributed by atoms with van der Waals surface area (Å²) in [5, 5.41) is 4.06. The number of halogens is 1. The molecule has 0 saturated heterocycles. The highest BCUT2D eigenvalue weighted by molar-refractivity contribution is 6.30. The zero-order valence-electron chi connectivity index (χ0n) is 15.3. The van der Waals surface area contributed by atoms with Crippen molar-refractivity contribution in [2.45, 2.75) is 18.9 Å². The first-order valence-electron chi connectivity index (χ1n) is 9.52. The summed E-state index contributed by atoms with van der Waals surface area (Å²) in [5.74, 6) is 2.22. The summed E-state index contributed by atoms with van der Waals surface area (Å²) in [6, 6.07) is 20.6. The van der Waals surface area contributed by atoms with Crippen molar-refractivity contribution < 1.29 is 4.42 Å². The van der Waals surface area contributed by atoms with Crippen LogP contribution >= 0.6 is 11.6 Å². The molecule has 0 spiro atoms. The number of hydrogen-bond donors (Lipinski definition) is 1. The van der Waals surface area contributed by atoms with Gasteiger partial charge in [0.05, 0.1) is 25.1 Å². The zero-order valence-corrected chi connectivity index (χ0v) is 16.1. The molecule has 0 bridgehead atoms. The van der Waals surface area contributed by atoms with Crippen LogP contribution in [0.15, 0.2) is 81.3 Å². The van der Waals surface area contributed by atoms with E-state index in [2.05, 4.69) is 46.7 Å². The summed E-state index contributed by atoms with van der Waals surface area (Å²) in [7, 11) is 0. The molecule has 2 heterocycles. The lowest BCUT2D eigenvalue weighted by atomic mass is 9.72. The van der Waals surface area contributed by atoms with E-state index in [0.717, 1.165) is 29.5 Å². The average molecular weight is 390 g/mol. The monoisotopic (exact) mass is 389 g/mol. The van der Waals surface area contributed by atoms with Crippen LogP contribution in [0.25, 0.3) is 0 Å². The second-order valence-electron chi connectivity index (χ2n) is 7.22. The molecular weight excluding hydrogens is 370 g/mol. The fourth-order valence-electron chi connectivity index (χ4n) is 4.12. The van der Waals surface area contributed by atoms with E-state index in [9.17, 15) is 0 Å². The number of benzene rings is 2. The second-order valence-corrected chi connectivity index (χ2v) is 7.65. The SMILES string of the molecule is Clc1ccc(C2CC3CN=C(NCc4ccco4)N=C3c3ccccc32)cc1. The smallest absolute Gasteiger partial charge is 0.218 e. The minimum absolute atomic E-state index is 0.324. The average Bonchev–Trinajstić information content (AvgIpc) is 3.26. The molecule has 1 aliphatic heterocycles. The molecule has 28 heavy (non-hydrogen) atoms. The van der Waals surface area contributed by atoms with Gasteiger partial charge in [-0.15, -0.1) is 0 Å². The van der Waals surface area contributed by atoms with Crippen LogP contribution in [0, 0.1) is 5.92 Å². The highest BCUT2D eigenvalue weighted by atomic mass is 35.5. The topological polar surface area (TPSA) is 49.9 Å². The van der Waals surface area contributed by atoms with E-state index >= 15 is 0 Å². The normalized spacial score (nSPS) is 20.6. The van der Waals surface area contributed by atoms with Gasteiger partial charge in [0, 0.05) is 22.4 Å². The van der Waals surface area contributed by atoms with E-state index in [1.54, 1.807) is 6.26 Å². The molecule has 2 aliphatic rings. The maximum Gasteiger partial charge on any atom is 0.218 e. The van der Waals surface area contributed by atoms with Crippen molar-refractivity contribution in [3.8, 4) is 0 Å². The maximum atomic E-state index is 6.09. The summed E-state index contributed by atoms with van der Waals surface area (Å²) in [6.07, 6.45) is 2.68. The van der Waals surface area contributed by atoms with E-state index < -0.39 is 0 Å². The van der Waals surface area contributed by atoms with Gasteiger partial charge < -0.3 is 9.73 Å². The predicted molar refractivity (Wildman–Crippen MR) is 112 cm³/mol. The van der Waals surface area contributed by atoms with Gasteiger partial charge >= 0.3 is 0 Å². The van der Waals surface area contributed by atoms with Crippen LogP contribution < -0.4 is 5.32 Å². The van der Waals surface area contributed by atoms with Gasteiger partial charge in [0.15, 0.2) is 0 Å². The van der Waals surface area contributed by atoms with Crippen LogP contribution in [0.4, 0.5) is 0 Å². The lowest BCUT2D eigenvalue weighted by Crippen LogP contribution is -2.35. The number of hydrogen-bond acceptors (Lipinski definition) is 4. The molecule has 0 saturated carbocycles. The largest absolute Gasteiger partial charge is 0.467 e. The lowest BCUT2D eigenvalue weighted by Gasteiger charge is -2.34. The first-order valence-corrected chi connectivity index (χ1v) is 9.90. The van der Waals surface area contributed by atoms with Crippen molar-refractivity contribution >= 4 is 23.3 Å². The summed E-state index contributed by atoms with van der Waals surface area (Å²) in [6.45, 7) is 1.33. The molecule has 1 aliphatic carbocycles. The van der Waals surface area contributed by atoms with E-state index in [4.69, 9.17) is 21.0 Å². The number of guanidine groups is 1. The molecule has 0 fully saturated rings. The Kier molecular flexibility index (Phi) is 4.49. The van der Waals surface area contributed by atoms with Crippen molar-refractivity contribution in [3.05, 3.63) is 94.4 Å². The van der Waals surface area contributed by atoms with Gasteiger partial charge in [-0.3, -0.25) is 4.99 Å². The third-order valence-corrected chi connectivity index (χ3v) is 5.73. The van der Waals surface area contributed by atoms with Crippen LogP contribution in [0.3, 0.4) is 0 Å². The van der Waals surface area contributed by atoms with Gasteiger partial charge in [-0.2, -0.15) is 0 Å². The van der Waals surface area contributed by atoms with Gasteiger partial charge in [-0.1, -0.05) is 48.0 Å². The summed E-state index contributed by atoms with van der Waals surface area (Å²) < 4.78 is 5.38. The number of nitrogens with zero attached hydrogens (tertiary/aromatic N) is 2. The van der Waals surface area contributed by atoms with Gasteiger partial charge in [0.2, 0.25) is 5.96 Å². The fourth-order valence-corrected chi connectivity index (χ4v) is 4.25. The first-order chi connectivity index (χ1) is 13.8. The van der Waals surface area contributed by atoms with Crippen LogP contribution in [-0.2, 0) is 6.54 Å². The Morgan fingerprint density at radius 1 is 1.04 bits per heavy atom. The van der Waals surface area contributed by atoms with Crippen LogP contribution in [-0.4, -0.2) is 18.2 Å². The van der Waals surface area contributed by atoms with Crippen LogP contribution in [0.5, 0.6) is 0 Å². The predicted octanol–water partition coefficient (Wildman–Crippen LogP) is 5.03. The minimum Gasteiger partial charge on any atom is -0.467 e. The van der Waals surface area contributed by atoms with Crippen molar-refractivity contribution in [2.24, 2.45) is 15.9 Å². The Bertz CT molecular complexity index is 1040. The molecule has 0 amide bonds. The number of nitrogens with one attached hydrogen (secondary N) is 1. The molecule has 5 heteroatoms. The number of aliphatic imine (C=N–C) groups is 2. The highest BCUT2D eigenvalue weighted by Crippen LogP contribution is 2.40. The fraction of sp³-hybridized carbons (Fsp3) is 0.217. The molecule has 1 N–H and O–H groups in total. The Labute approximate surface area is 169 Å². The lowest BCUT2D eigenvalue weighted by molar-refractivity contribution is 0.501. The van der Waals surface area contributed by atoms with Crippen molar-refractivity contribution in [3.63, 3.8) is 0 Å². The molecule has 5 rings (SSSR count). The Morgan fingerprint density at radius 3 is 2.71 bits per heavy atom. The molecule has 1 aromatic heterocycles. The van der Waals surface area contributed by atoms with Crippen molar-refractivity contribution in [1.82, 2.24) is 5.32 Å². The molecule has 3 aromatic rings. The van der Waals surface area contributed by atoms with E-state index in [0.29, 0.717) is 24.3 Å². The van der Waals surface area contributed by atoms with Gasteiger partial charge in [0.1, 0.15) is 5.76 Å². The van der Waals surface area contributed by atoms with E-state index in [1.807, 2.05) is 24.3 Å². The zero-order chi connectivity index (χ0) is 18.9. The summed E-state index contributed by atoms with van der Waals surface area (Å²) in [4.78, 5) is 9.56. The molecule has 2 aromatic carbocycles. The van der Waals surface area contributed by atoms with Gasteiger partial charge in [-0.05, 0) is 41.8 Å². The van der Waals surface area contributed by atoms with Crippen LogP contribution in [0.2, 0.25) is 5.02 Å². The summed E-state index contributed by atoms with van der Waals surface area (Å²) >= 11 is 6.09. The Balaban J connectivity index is 1.46. The number of rotatable bonds is 3. The van der Waals surface area contributed by atoms with E-state index in [1.165, 1.54) is 16.7 Å². The quantitative estimate of drug-likeness (QED) is 0.682. The highest BCUT2D eigenvalue weighted by Gasteiger charge is 2.34.